The number of imidazole rings is 1. The topological polar surface area (TPSA) is 95.2 Å². The van der Waals surface area contributed by atoms with Crippen LogP contribution in [0, 0.1) is 6.92 Å². The normalized spacial score (nSPS) is 14.9. The van der Waals surface area contributed by atoms with Crippen molar-refractivity contribution in [2.24, 2.45) is 0 Å². The zero-order chi connectivity index (χ0) is 20.1. The van der Waals surface area contributed by atoms with Crippen LogP contribution >= 0.6 is 0 Å². The first-order chi connectivity index (χ1) is 14.2. The largest absolute Gasteiger partial charge is 0.395 e. The lowest BCUT2D eigenvalue weighted by Crippen LogP contribution is -2.47. The van der Waals surface area contributed by atoms with Crippen LogP contribution in [0.2, 0.25) is 0 Å². The summed E-state index contributed by atoms with van der Waals surface area (Å²) >= 11 is 0. The Bertz CT molecular complexity index is 905. The number of aromatic nitrogens is 5. The van der Waals surface area contributed by atoms with Crippen LogP contribution in [0.1, 0.15) is 11.4 Å². The number of aliphatic hydroxyl groups is 1. The summed E-state index contributed by atoms with van der Waals surface area (Å²) in [7, 11) is 0. The van der Waals surface area contributed by atoms with Gasteiger partial charge in [0.1, 0.15) is 5.82 Å². The predicted molar refractivity (Wildman–Crippen MR) is 111 cm³/mol. The molecule has 4 rings (SSSR count). The number of aliphatic hydroxyl groups excluding tert-OH is 1. The van der Waals surface area contributed by atoms with E-state index in [1.54, 1.807) is 6.20 Å². The molecule has 2 aromatic heterocycles. The van der Waals surface area contributed by atoms with E-state index in [1.807, 2.05) is 36.1 Å². The third kappa shape index (κ3) is 5.07. The maximum Gasteiger partial charge on any atom is 0.232 e. The molecule has 1 aromatic carbocycles. The Morgan fingerprint density at radius 1 is 1.03 bits per heavy atom. The maximum atomic E-state index is 9.09. The molecular weight excluding hydrogens is 368 g/mol. The molecule has 3 aromatic rings. The van der Waals surface area contributed by atoms with E-state index in [9.17, 15) is 0 Å². The van der Waals surface area contributed by atoms with Crippen LogP contribution in [0.25, 0.3) is 0 Å². The fraction of sp³-hybridized carbons (Fsp3) is 0.400. The summed E-state index contributed by atoms with van der Waals surface area (Å²) in [5.74, 6) is 1.93. The van der Waals surface area contributed by atoms with Crippen LogP contribution in [0.15, 0.2) is 43.0 Å². The molecule has 0 saturated carbocycles. The third-order valence-electron chi connectivity index (χ3n) is 4.94. The molecule has 0 amide bonds. The van der Waals surface area contributed by atoms with Gasteiger partial charge >= 0.3 is 0 Å². The number of piperazine rings is 1. The van der Waals surface area contributed by atoms with E-state index in [4.69, 9.17) is 5.11 Å². The second kappa shape index (κ2) is 8.97. The van der Waals surface area contributed by atoms with Gasteiger partial charge in [0.05, 0.1) is 12.9 Å². The Hall–Kier alpha value is -3.04. The molecule has 9 nitrogen and oxygen atoms in total. The van der Waals surface area contributed by atoms with E-state index >= 15 is 0 Å². The van der Waals surface area contributed by atoms with Crippen LogP contribution in [0.5, 0.6) is 0 Å². The number of rotatable bonds is 7. The molecule has 2 N–H and O–H groups in total. The molecule has 9 heteroatoms. The van der Waals surface area contributed by atoms with Crippen molar-refractivity contribution in [1.82, 2.24) is 29.4 Å². The number of β-amino-alcohol motifs (C(OH)–C–C–N with tert-alkyl or cyclic N) is 1. The van der Waals surface area contributed by atoms with Crippen LogP contribution < -0.4 is 10.2 Å². The van der Waals surface area contributed by atoms with Gasteiger partial charge in [-0.05, 0) is 24.6 Å². The Balaban J connectivity index is 1.41. The van der Waals surface area contributed by atoms with Gasteiger partial charge in [-0.25, -0.2) is 4.98 Å². The molecule has 1 aliphatic rings. The SMILES string of the molecule is Cc1nc(Nc2ccc(Cn3ccnc3)cc2)nc(N2CCN(CCO)CC2)n1. The average molecular weight is 394 g/mol. The number of anilines is 3. The van der Waals surface area contributed by atoms with Crippen molar-refractivity contribution in [2.75, 3.05) is 49.5 Å². The third-order valence-corrected chi connectivity index (χ3v) is 4.94. The van der Waals surface area contributed by atoms with Crippen LogP contribution in [-0.2, 0) is 6.54 Å². The minimum atomic E-state index is 0.194. The van der Waals surface area contributed by atoms with Crippen LogP contribution in [0.3, 0.4) is 0 Å². The van der Waals surface area contributed by atoms with E-state index in [-0.39, 0.29) is 6.61 Å². The molecule has 0 spiro atoms. The Morgan fingerprint density at radius 2 is 1.83 bits per heavy atom. The maximum absolute atomic E-state index is 9.09. The zero-order valence-electron chi connectivity index (χ0n) is 16.6. The lowest BCUT2D eigenvalue weighted by molar-refractivity contribution is 0.188. The van der Waals surface area contributed by atoms with Gasteiger partial charge in [0, 0.05) is 57.3 Å². The monoisotopic (exact) mass is 394 g/mol. The van der Waals surface area contributed by atoms with Gasteiger partial charge in [0.25, 0.3) is 0 Å². The van der Waals surface area contributed by atoms with Gasteiger partial charge in [0.2, 0.25) is 11.9 Å². The quantitative estimate of drug-likeness (QED) is 0.619. The fourth-order valence-corrected chi connectivity index (χ4v) is 3.39. The van der Waals surface area contributed by atoms with E-state index in [0.29, 0.717) is 24.3 Å². The summed E-state index contributed by atoms with van der Waals surface area (Å²) < 4.78 is 2.03. The summed E-state index contributed by atoms with van der Waals surface area (Å²) in [6.45, 7) is 7.05. The minimum absolute atomic E-state index is 0.194. The van der Waals surface area contributed by atoms with Crippen molar-refractivity contribution in [3.63, 3.8) is 0 Å². The molecular formula is C20H26N8O. The Kier molecular flexibility index (Phi) is 5.97. The molecule has 0 bridgehead atoms. The standard InChI is InChI=1S/C20H26N8O/c1-16-22-19(25-20(23-16)28-10-8-26(9-11-28)12-13-29)24-18-4-2-17(3-5-18)14-27-7-6-21-15-27/h2-7,15,29H,8-14H2,1H3,(H,22,23,24,25). The van der Waals surface area contributed by atoms with Crippen molar-refractivity contribution in [3.8, 4) is 0 Å². The Morgan fingerprint density at radius 3 is 2.52 bits per heavy atom. The molecule has 0 aliphatic carbocycles. The highest BCUT2D eigenvalue weighted by Gasteiger charge is 2.19. The van der Waals surface area contributed by atoms with Crippen molar-refractivity contribution in [2.45, 2.75) is 13.5 Å². The van der Waals surface area contributed by atoms with E-state index in [1.165, 1.54) is 5.56 Å². The molecule has 152 valence electrons. The van der Waals surface area contributed by atoms with Gasteiger partial charge < -0.3 is 19.9 Å². The van der Waals surface area contributed by atoms with Crippen molar-refractivity contribution >= 4 is 17.6 Å². The van der Waals surface area contributed by atoms with Crippen molar-refractivity contribution in [1.29, 1.82) is 0 Å². The first-order valence-corrected chi connectivity index (χ1v) is 9.82. The first-order valence-electron chi connectivity index (χ1n) is 9.82. The number of nitrogens with zero attached hydrogens (tertiary/aromatic N) is 7. The minimum Gasteiger partial charge on any atom is -0.395 e. The smallest absolute Gasteiger partial charge is 0.232 e. The highest BCUT2D eigenvalue weighted by atomic mass is 16.3. The molecule has 3 heterocycles. The first kappa shape index (κ1) is 19.3. The molecule has 0 radical (unpaired) electrons. The van der Waals surface area contributed by atoms with E-state index in [0.717, 1.165) is 38.4 Å². The lowest BCUT2D eigenvalue weighted by atomic mass is 10.2. The van der Waals surface area contributed by atoms with Crippen LogP contribution in [-0.4, -0.2) is 73.8 Å². The van der Waals surface area contributed by atoms with Crippen molar-refractivity contribution in [3.05, 3.63) is 54.4 Å². The highest BCUT2D eigenvalue weighted by molar-refractivity contribution is 5.54. The van der Waals surface area contributed by atoms with Crippen LogP contribution in [0.4, 0.5) is 17.6 Å². The number of benzene rings is 1. The second-order valence-electron chi connectivity index (χ2n) is 7.12. The number of nitrogens with one attached hydrogen (secondary N) is 1. The number of hydrogen-bond acceptors (Lipinski definition) is 8. The predicted octanol–water partition coefficient (Wildman–Crippen LogP) is 1.28. The number of aryl methyl sites for hydroxylation is 1. The van der Waals surface area contributed by atoms with Crippen molar-refractivity contribution < 1.29 is 5.11 Å². The summed E-state index contributed by atoms with van der Waals surface area (Å²) in [6, 6.07) is 8.22. The number of hydrogen-bond donors (Lipinski definition) is 2. The molecule has 0 unspecified atom stereocenters. The van der Waals surface area contributed by atoms with Gasteiger partial charge in [-0.1, -0.05) is 12.1 Å². The molecule has 1 fully saturated rings. The zero-order valence-corrected chi connectivity index (χ0v) is 16.6. The van der Waals surface area contributed by atoms with E-state index < -0.39 is 0 Å². The van der Waals surface area contributed by atoms with Gasteiger partial charge in [-0.3, -0.25) is 4.90 Å². The highest BCUT2D eigenvalue weighted by Crippen LogP contribution is 2.18. The van der Waals surface area contributed by atoms with E-state index in [2.05, 4.69) is 47.2 Å². The molecule has 1 saturated heterocycles. The summed E-state index contributed by atoms with van der Waals surface area (Å²) in [5.41, 5.74) is 2.13. The summed E-state index contributed by atoms with van der Waals surface area (Å²) in [5, 5.41) is 12.4. The van der Waals surface area contributed by atoms with Gasteiger partial charge in [-0.2, -0.15) is 15.0 Å². The Labute approximate surface area is 170 Å². The fourth-order valence-electron chi connectivity index (χ4n) is 3.39. The average Bonchev–Trinajstić information content (AvgIpc) is 3.23. The summed E-state index contributed by atoms with van der Waals surface area (Å²) in [4.78, 5) is 22.1. The van der Waals surface area contributed by atoms with Gasteiger partial charge in [0.15, 0.2) is 0 Å². The molecule has 29 heavy (non-hydrogen) atoms. The second-order valence-corrected chi connectivity index (χ2v) is 7.12. The lowest BCUT2D eigenvalue weighted by Gasteiger charge is -2.34. The summed E-state index contributed by atoms with van der Waals surface area (Å²) in [6.07, 6.45) is 5.54. The molecule has 0 atom stereocenters. The molecule has 1 aliphatic heterocycles. The van der Waals surface area contributed by atoms with Gasteiger partial charge in [-0.15, -0.1) is 0 Å².